The Morgan fingerprint density at radius 3 is 2.16 bits per heavy atom. The van der Waals surface area contributed by atoms with Gasteiger partial charge in [-0.1, -0.05) is 26.0 Å². The largest absolute Gasteiger partial charge is 0.352 e. The third-order valence-electron chi connectivity index (χ3n) is 6.70. The van der Waals surface area contributed by atoms with Gasteiger partial charge < -0.3 is 10.2 Å². The SMILES string of the molecule is CCC(C)c1ccc(S(=O)(=O)N2CCN(CC(=O)NC3CCN(C(C)=O)CC3)CC2)cc1. The lowest BCUT2D eigenvalue weighted by molar-refractivity contribution is -0.130. The van der Waals surface area contributed by atoms with Crippen molar-refractivity contribution in [1.29, 1.82) is 0 Å². The molecule has 2 saturated heterocycles. The van der Waals surface area contributed by atoms with Gasteiger partial charge in [0, 0.05) is 52.2 Å². The van der Waals surface area contributed by atoms with Crippen LogP contribution in [0.2, 0.25) is 0 Å². The summed E-state index contributed by atoms with van der Waals surface area (Å²) in [6.07, 6.45) is 2.56. The smallest absolute Gasteiger partial charge is 0.243 e. The van der Waals surface area contributed by atoms with Crippen molar-refractivity contribution in [2.24, 2.45) is 0 Å². The number of rotatable bonds is 7. The van der Waals surface area contributed by atoms with Crippen LogP contribution < -0.4 is 5.32 Å². The van der Waals surface area contributed by atoms with Gasteiger partial charge >= 0.3 is 0 Å². The van der Waals surface area contributed by atoms with E-state index in [4.69, 9.17) is 0 Å². The van der Waals surface area contributed by atoms with Crippen LogP contribution >= 0.6 is 0 Å². The van der Waals surface area contributed by atoms with Crippen LogP contribution in [-0.2, 0) is 19.6 Å². The lowest BCUT2D eigenvalue weighted by Crippen LogP contribution is -2.52. The molecule has 2 aliphatic heterocycles. The van der Waals surface area contributed by atoms with E-state index in [0.717, 1.165) is 24.8 Å². The van der Waals surface area contributed by atoms with E-state index in [0.29, 0.717) is 50.1 Å². The van der Waals surface area contributed by atoms with E-state index in [1.807, 2.05) is 17.0 Å². The minimum absolute atomic E-state index is 0.0387. The van der Waals surface area contributed by atoms with Crippen molar-refractivity contribution in [3.8, 4) is 0 Å². The molecule has 2 aliphatic rings. The summed E-state index contributed by atoms with van der Waals surface area (Å²) in [6, 6.07) is 7.31. The lowest BCUT2D eigenvalue weighted by atomic mass is 9.99. The van der Waals surface area contributed by atoms with E-state index in [-0.39, 0.29) is 24.4 Å². The Bertz CT molecular complexity index is 887. The molecular weight excluding hydrogens is 428 g/mol. The Morgan fingerprint density at radius 2 is 1.62 bits per heavy atom. The van der Waals surface area contributed by atoms with Crippen LogP contribution in [0.5, 0.6) is 0 Å². The number of sulfonamides is 1. The van der Waals surface area contributed by atoms with Gasteiger partial charge in [0.05, 0.1) is 11.4 Å². The van der Waals surface area contributed by atoms with E-state index in [2.05, 4.69) is 19.2 Å². The third kappa shape index (κ3) is 6.08. The molecule has 178 valence electrons. The normalized spacial score (nSPS) is 20.2. The Morgan fingerprint density at radius 1 is 1.03 bits per heavy atom. The van der Waals surface area contributed by atoms with Gasteiger partial charge in [0.2, 0.25) is 21.8 Å². The fraction of sp³-hybridized carbons (Fsp3) is 0.652. The molecule has 1 aromatic carbocycles. The second-order valence-corrected chi connectivity index (χ2v) is 10.8. The Kier molecular flexibility index (Phi) is 8.30. The first-order valence-electron chi connectivity index (χ1n) is 11.6. The maximum absolute atomic E-state index is 13.0. The number of nitrogens with zero attached hydrogens (tertiary/aromatic N) is 3. The Balaban J connectivity index is 1.46. The zero-order valence-electron chi connectivity index (χ0n) is 19.4. The highest BCUT2D eigenvalue weighted by Crippen LogP contribution is 2.23. The highest BCUT2D eigenvalue weighted by atomic mass is 32.2. The molecule has 0 aromatic heterocycles. The van der Waals surface area contributed by atoms with Gasteiger partial charge in [-0.15, -0.1) is 0 Å². The van der Waals surface area contributed by atoms with Crippen LogP contribution in [0.4, 0.5) is 0 Å². The summed E-state index contributed by atoms with van der Waals surface area (Å²) < 4.78 is 27.5. The zero-order valence-corrected chi connectivity index (χ0v) is 20.2. The minimum Gasteiger partial charge on any atom is -0.352 e. The molecule has 2 amide bonds. The van der Waals surface area contributed by atoms with Crippen molar-refractivity contribution in [3.05, 3.63) is 29.8 Å². The maximum atomic E-state index is 13.0. The van der Waals surface area contributed by atoms with Crippen molar-refractivity contribution in [1.82, 2.24) is 19.4 Å². The fourth-order valence-electron chi connectivity index (χ4n) is 4.30. The van der Waals surface area contributed by atoms with Gasteiger partial charge in [-0.2, -0.15) is 4.31 Å². The first kappa shape index (κ1) is 24.7. The quantitative estimate of drug-likeness (QED) is 0.663. The van der Waals surface area contributed by atoms with Gasteiger partial charge in [-0.05, 0) is 42.9 Å². The molecule has 0 radical (unpaired) electrons. The molecule has 2 fully saturated rings. The number of carbonyl (C=O) groups is 2. The highest BCUT2D eigenvalue weighted by Gasteiger charge is 2.30. The Labute approximate surface area is 192 Å². The molecule has 2 heterocycles. The molecule has 1 N–H and O–H groups in total. The number of likely N-dealkylation sites (tertiary alicyclic amines) is 1. The number of amides is 2. The summed E-state index contributed by atoms with van der Waals surface area (Å²) >= 11 is 0. The standard InChI is InChI=1S/C23H36N4O4S/c1-4-18(2)20-5-7-22(8-6-20)32(30,31)27-15-13-25(14-16-27)17-23(29)24-21-9-11-26(12-10-21)19(3)28/h5-8,18,21H,4,9-17H2,1-3H3,(H,24,29). The van der Waals surface area contributed by atoms with Crippen LogP contribution in [0, 0.1) is 0 Å². The van der Waals surface area contributed by atoms with Crippen molar-refractivity contribution >= 4 is 21.8 Å². The molecule has 1 aromatic rings. The fourth-order valence-corrected chi connectivity index (χ4v) is 5.72. The van der Waals surface area contributed by atoms with Gasteiger partial charge in [-0.3, -0.25) is 14.5 Å². The molecule has 0 saturated carbocycles. The first-order chi connectivity index (χ1) is 15.2. The van der Waals surface area contributed by atoms with Crippen molar-refractivity contribution in [2.45, 2.75) is 56.9 Å². The number of hydrogen-bond donors (Lipinski definition) is 1. The van der Waals surface area contributed by atoms with Crippen molar-refractivity contribution in [3.63, 3.8) is 0 Å². The predicted molar refractivity (Wildman–Crippen MR) is 124 cm³/mol. The van der Waals surface area contributed by atoms with Crippen LogP contribution in [0.25, 0.3) is 0 Å². The maximum Gasteiger partial charge on any atom is 0.243 e. The molecule has 9 heteroatoms. The number of hydrogen-bond acceptors (Lipinski definition) is 5. The molecule has 0 aliphatic carbocycles. The number of benzene rings is 1. The molecule has 0 spiro atoms. The average Bonchev–Trinajstić information content (AvgIpc) is 2.79. The van der Waals surface area contributed by atoms with E-state index in [9.17, 15) is 18.0 Å². The molecule has 1 unspecified atom stereocenters. The summed E-state index contributed by atoms with van der Waals surface area (Å²) in [5.41, 5.74) is 1.15. The third-order valence-corrected chi connectivity index (χ3v) is 8.62. The average molecular weight is 465 g/mol. The second kappa shape index (κ2) is 10.8. The summed E-state index contributed by atoms with van der Waals surface area (Å²) in [6.45, 7) is 9.25. The number of piperazine rings is 1. The second-order valence-electron chi connectivity index (χ2n) is 8.91. The van der Waals surface area contributed by atoms with Crippen molar-refractivity contribution < 1.29 is 18.0 Å². The number of piperidine rings is 1. The van der Waals surface area contributed by atoms with Crippen molar-refractivity contribution in [2.75, 3.05) is 45.8 Å². The van der Waals surface area contributed by atoms with Crippen LogP contribution in [-0.4, -0.2) is 86.2 Å². The summed E-state index contributed by atoms with van der Waals surface area (Å²) in [5, 5.41) is 3.06. The number of carbonyl (C=O) groups excluding carboxylic acids is 2. The molecule has 3 rings (SSSR count). The first-order valence-corrected chi connectivity index (χ1v) is 13.0. The van der Waals surface area contributed by atoms with Gasteiger partial charge in [0.25, 0.3) is 0 Å². The molecule has 32 heavy (non-hydrogen) atoms. The van der Waals surface area contributed by atoms with E-state index in [1.165, 1.54) is 4.31 Å². The minimum atomic E-state index is -3.52. The summed E-state index contributed by atoms with van der Waals surface area (Å²) in [4.78, 5) is 28.0. The van der Waals surface area contributed by atoms with E-state index < -0.39 is 10.0 Å². The van der Waals surface area contributed by atoms with Gasteiger partial charge in [0.15, 0.2) is 0 Å². The monoisotopic (exact) mass is 464 g/mol. The van der Waals surface area contributed by atoms with E-state index in [1.54, 1.807) is 24.0 Å². The van der Waals surface area contributed by atoms with Crippen LogP contribution in [0.1, 0.15) is 51.5 Å². The van der Waals surface area contributed by atoms with Crippen LogP contribution in [0.3, 0.4) is 0 Å². The van der Waals surface area contributed by atoms with E-state index >= 15 is 0 Å². The summed E-state index contributed by atoms with van der Waals surface area (Å²) in [5.74, 6) is 0.445. The molecule has 8 nitrogen and oxygen atoms in total. The van der Waals surface area contributed by atoms with Gasteiger partial charge in [-0.25, -0.2) is 8.42 Å². The Hall–Kier alpha value is -1.97. The topological polar surface area (TPSA) is 90.0 Å². The molecule has 0 bridgehead atoms. The lowest BCUT2D eigenvalue weighted by Gasteiger charge is -2.35. The molecular formula is C23H36N4O4S. The van der Waals surface area contributed by atoms with Crippen LogP contribution in [0.15, 0.2) is 29.2 Å². The predicted octanol–water partition coefficient (Wildman–Crippen LogP) is 1.63. The number of nitrogens with one attached hydrogen (secondary N) is 1. The zero-order chi connectivity index (χ0) is 23.3. The highest BCUT2D eigenvalue weighted by molar-refractivity contribution is 7.89. The summed E-state index contributed by atoms with van der Waals surface area (Å²) in [7, 11) is -3.52. The molecule has 1 atom stereocenters. The van der Waals surface area contributed by atoms with Gasteiger partial charge in [0.1, 0.15) is 0 Å².